The third-order valence-corrected chi connectivity index (χ3v) is 4.60. The van der Waals surface area contributed by atoms with Crippen molar-refractivity contribution in [3.63, 3.8) is 0 Å². The van der Waals surface area contributed by atoms with Crippen LogP contribution in [-0.2, 0) is 0 Å². The van der Waals surface area contributed by atoms with Crippen LogP contribution in [-0.4, -0.2) is 36.6 Å². The molecule has 0 saturated carbocycles. The molecule has 0 radical (unpaired) electrons. The molecule has 0 bridgehead atoms. The van der Waals surface area contributed by atoms with E-state index in [4.69, 9.17) is 0 Å². The minimum atomic E-state index is 0.672. The Labute approximate surface area is 121 Å². The fourth-order valence-corrected chi connectivity index (χ4v) is 3.24. The molecule has 2 unspecified atom stereocenters. The number of rotatable bonds is 8. The molecule has 0 aliphatic carbocycles. The van der Waals surface area contributed by atoms with Gasteiger partial charge in [-0.2, -0.15) is 0 Å². The van der Waals surface area contributed by atoms with Crippen LogP contribution in [0.15, 0.2) is 0 Å². The Bertz CT molecular complexity index is 219. The molecule has 0 aromatic heterocycles. The van der Waals surface area contributed by atoms with Gasteiger partial charge in [0, 0.05) is 12.1 Å². The molecule has 1 aliphatic rings. The van der Waals surface area contributed by atoms with Gasteiger partial charge in [-0.05, 0) is 77.4 Å². The van der Waals surface area contributed by atoms with E-state index in [2.05, 4.69) is 44.8 Å². The van der Waals surface area contributed by atoms with Crippen LogP contribution in [0, 0.1) is 11.8 Å². The maximum Gasteiger partial charge on any atom is 0.00704 e. The van der Waals surface area contributed by atoms with Gasteiger partial charge in [-0.15, -0.1) is 0 Å². The number of hydrogen-bond acceptors (Lipinski definition) is 2. The third-order valence-electron chi connectivity index (χ3n) is 4.60. The highest BCUT2D eigenvalue weighted by Crippen LogP contribution is 2.21. The van der Waals surface area contributed by atoms with E-state index in [-0.39, 0.29) is 0 Å². The fourth-order valence-electron chi connectivity index (χ4n) is 3.24. The van der Waals surface area contributed by atoms with Crippen molar-refractivity contribution in [3.05, 3.63) is 0 Å². The van der Waals surface area contributed by atoms with Gasteiger partial charge in [0.25, 0.3) is 0 Å². The van der Waals surface area contributed by atoms with Crippen LogP contribution in [0.1, 0.15) is 66.7 Å². The van der Waals surface area contributed by atoms with Crippen molar-refractivity contribution in [1.82, 2.24) is 10.2 Å². The van der Waals surface area contributed by atoms with Crippen molar-refractivity contribution in [3.8, 4) is 0 Å². The maximum absolute atomic E-state index is 3.83. The van der Waals surface area contributed by atoms with Crippen LogP contribution in [0.5, 0.6) is 0 Å². The summed E-state index contributed by atoms with van der Waals surface area (Å²) in [6.45, 7) is 15.6. The summed E-state index contributed by atoms with van der Waals surface area (Å²) in [5.41, 5.74) is 0. The van der Waals surface area contributed by atoms with E-state index in [0.29, 0.717) is 12.1 Å². The van der Waals surface area contributed by atoms with E-state index in [0.717, 1.165) is 11.8 Å². The van der Waals surface area contributed by atoms with Gasteiger partial charge in [0.1, 0.15) is 0 Å². The number of hydrogen-bond donors (Lipinski definition) is 1. The molecule has 2 nitrogen and oxygen atoms in total. The first-order valence-corrected chi connectivity index (χ1v) is 8.51. The first-order chi connectivity index (χ1) is 9.02. The number of piperidine rings is 1. The third kappa shape index (κ3) is 6.76. The molecule has 1 rings (SSSR count). The highest BCUT2D eigenvalue weighted by atomic mass is 15.1. The summed E-state index contributed by atoms with van der Waals surface area (Å²) >= 11 is 0. The van der Waals surface area contributed by atoms with Crippen LogP contribution in [0.4, 0.5) is 0 Å². The van der Waals surface area contributed by atoms with Crippen molar-refractivity contribution < 1.29 is 0 Å². The molecule has 0 aromatic carbocycles. The average Bonchev–Trinajstić information content (AvgIpc) is 2.37. The molecule has 2 atom stereocenters. The lowest BCUT2D eigenvalue weighted by Gasteiger charge is -2.36. The van der Waals surface area contributed by atoms with Gasteiger partial charge in [-0.3, -0.25) is 0 Å². The number of nitrogens with zero attached hydrogens (tertiary/aromatic N) is 1. The normalized spacial score (nSPS) is 21.8. The van der Waals surface area contributed by atoms with Gasteiger partial charge < -0.3 is 10.2 Å². The molecule has 1 aliphatic heterocycles. The SMILES string of the molecule is CCCN1CCC(C(C)NC(C)CCC(C)C)CC1. The van der Waals surface area contributed by atoms with E-state index in [1.54, 1.807) is 0 Å². The Kier molecular flexibility index (Phi) is 8.01. The van der Waals surface area contributed by atoms with Crippen molar-refractivity contribution in [2.75, 3.05) is 19.6 Å². The Balaban J connectivity index is 2.21. The summed E-state index contributed by atoms with van der Waals surface area (Å²) < 4.78 is 0. The Morgan fingerprint density at radius 1 is 1.05 bits per heavy atom. The molecule has 0 spiro atoms. The second-order valence-electron chi connectivity index (χ2n) is 7.01. The molecule has 1 heterocycles. The fraction of sp³-hybridized carbons (Fsp3) is 1.00. The highest BCUT2D eigenvalue weighted by Gasteiger charge is 2.24. The number of nitrogens with one attached hydrogen (secondary N) is 1. The summed E-state index contributed by atoms with van der Waals surface area (Å²) in [6, 6.07) is 1.36. The van der Waals surface area contributed by atoms with E-state index in [1.165, 1.54) is 51.7 Å². The predicted molar refractivity (Wildman–Crippen MR) is 85.6 cm³/mol. The van der Waals surface area contributed by atoms with Gasteiger partial charge in [0.15, 0.2) is 0 Å². The topological polar surface area (TPSA) is 15.3 Å². The lowest BCUT2D eigenvalue weighted by atomic mass is 9.89. The van der Waals surface area contributed by atoms with Gasteiger partial charge in [0.05, 0.1) is 0 Å². The lowest BCUT2D eigenvalue weighted by Crippen LogP contribution is -2.44. The first kappa shape index (κ1) is 17.0. The molecule has 1 saturated heterocycles. The Hall–Kier alpha value is -0.0800. The minimum Gasteiger partial charge on any atom is -0.312 e. The van der Waals surface area contributed by atoms with Crippen LogP contribution < -0.4 is 5.32 Å². The van der Waals surface area contributed by atoms with Crippen LogP contribution in [0.3, 0.4) is 0 Å². The number of likely N-dealkylation sites (tertiary alicyclic amines) is 1. The van der Waals surface area contributed by atoms with Crippen LogP contribution >= 0.6 is 0 Å². The van der Waals surface area contributed by atoms with Crippen molar-refractivity contribution in [2.24, 2.45) is 11.8 Å². The summed E-state index contributed by atoms with van der Waals surface area (Å²) in [6.07, 6.45) is 6.72. The second-order valence-corrected chi connectivity index (χ2v) is 7.01. The van der Waals surface area contributed by atoms with Crippen LogP contribution in [0.25, 0.3) is 0 Å². The standard InChI is InChI=1S/C17H36N2/c1-6-11-19-12-9-17(10-13-19)16(5)18-15(4)8-7-14(2)3/h14-18H,6-13H2,1-5H3. The largest absolute Gasteiger partial charge is 0.312 e. The first-order valence-electron chi connectivity index (χ1n) is 8.51. The minimum absolute atomic E-state index is 0.672. The second kappa shape index (κ2) is 8.97. The highest BCUT2D eigenvalue weighted by molar-refractivity contribution is 4.81. The van der Waals surface area contributed by atoms with Gasteiger partial charge >= 0.3 is 0 Å². The molecule has 0 amide bonds. The summed E-state index contributed by atoms with van der Waals surface area (Å²) in [5, 5.41) is 3.83. The quantitative estimate of drug-likeness (QED) is 0.718. The molecular formula is C17H36N2. The molecule has 1 fully saturated rings. The maximum atomic E-state index is 3.83. The van der Waals surface area contributed by atoms with Crippen molar-refractivity contribution in [2.45, 2.75) is 78.8 Å². The average molecular weight is 268 g/mol. The lowest BCUT2D eigenvalue weighted by molar-refractivity contribution is 0.158. The van der Waals surface area contributed by atoms with E-state index < -0.39 is 0 Å². The Morgan fingerprint density at radius 3 is 2.21 bits per heavy atom. The summed E-state index contributed by atoms with van der Waals surface area (Å²) in [5.74, 6) is 1.71. The van der Waals surface area contributed by atoms with Crippen LogP contribution in [0.2, 0.25) is 0 Å². The zero-order valence-electron chi connectivity index (χ0n) is 13.9. The molecule has 19 heavy (non-hydrogen) atoms. The molecule has 114 valence electrons. The monoisotopic (exact) mass is 268 g/mol. The van der Waals surface area contributed by atoms with E-state index >= 15 is 0 Å². The van der Waals surface area contributed by atoms with E-state index in [1.807, 2.05) is 0 Å². The molecule has 2 heteroatoms. The molecule has 1 N–H and O–H groups in total. The zero-order valence-corrected chi connectivity index (χ0v) is 13.9. The smallest absolute Gasteiger partial charge is 0.00704 e. The van der Waals surface area contributed by atoms with Gasteiger partial charge in [0.2, 0.25) is 0 Å². The molecule has 0 aromatic rings. The summed E-state index contributed by atoms with van der Waals surface area (Å²) in [7, 11) is 0. The zero-order chi connectivity index (χ0) is 14.3. The van der Waals surface area contributed by atoms with Gasteiger partial charge in [-0.25, -0.2) is 0 Å². The molecular weight excluding hydrogens is 232 g/mol. The summed E-state index contributed by atoms with van der Waals surface area (Å²) in [4.78, 5) is 2.63. The van der Waals surface area contributed by atoms with E-state index in [9.17, 15) is 0 Å². The van der Waals surface area contributed by atoms with Gasteiger partial charge in [-0.1, -0.05) is 20.8 Å². The predicted octanol–water partition coefficient (Wildman–Crippen LogP) is 3.91. The Morgan fingerprint density at radius 2 is 1.68 bits per heavy atom. The van der Waals surface area contributed by atoms with Crippen molar-refractivity contribution >= 4 is 0 Å². The van der Waals surface area contributed by atoms with Crippen molar-refractivity contribution in [1.29, 1.82) is 0 Å².